The maximum Gasteiger partial charge on any atom is 0.408 e. The summed E-state index contributed by atoms with van der Waals surface area (Å²) in [5.74, 6) is 0.828. The van der Waals surface area contributed by atoms with Crippen LogP contribution in [0.15, 0.2) is 76.1 Å². The second kappa shape index (κ2) is 13.4. The summed E-state index contributed by atoms with van der Waals surface area (Å²) in [6.07, 6.45) is 8.72. The van der Waals surface area contributed by atoms with E-state index < -0.39 is 30.4 Å². The highest BCUT2D eigenvalue weighted by Crippen LogP contribution is 2.33. The van der Waals surface area contributed by atoms with Gasteiger partial charge in [-0.25, -0.2) is 4.79 Å². The molecule has 0 saturated carbocycles. The number of carbonyl (C=O) groups excluding carboxylic acids is 1. The number of allylic oxidation sites excluding steroid dienone is 2. The van der Waals surface area contributed by atoms with Gasteiger partial charge in [-0.15, -0.1) is 0 Å². The van der Waals surface area contributed by atoms with Crippen LogP contribution in [0, 0.1) is 0 Å². The standard InChI is InChI=1S/C29H36ClNO5S/c1-28(2,3)36-27(34)31-29(19-32,20-33)16-15-22-9-12-25(17-26(22)30)37-24-13-10-23(11-14-24)35-18-21-7-5-4-6-8-21/h5,7-14,17,32-33H,4,6,15-16,18-20H2,1-3H3,(H,31,34). The van der Waals surface area contributed by atoms with E-state index in [0.717, 1.165) is 33.9 Å². The topological polar surface area (TPSA) is 88.0 Å². The van der Waals surface area contributed by atoms with Gasteiger partial charge in [0.15, 0.2) is 0 Å². The molecule has 3 N–H and O–H groups in total. The zero-order chi connectivity index (χ0) is 26.9. The van der Waals surface area contributed by atoms with Gasteiger partial charge in [-0.3, -0.25) is 0 Å². The van der Waals surface area contributed by atoms with Crippen molar-refractivity contribution < 1.29 is 24.5 Å². The van der Waals surface area contributed by atoms with E-state index >= 15 is 0 Å². The van der Waals surface area contributed by atoms with E-state index in [1.807, 2.05) is 42.5 Å². The highest BCUT2D eigenvalue weighted by Gasteiger charge is 2.32. The lowest BCUT2D eigenvalue weighted by Gasteiger charge is -2.32. The van der Waals surface area contributed by atoms with Gasteiger partial charge in [-0.2, -0.15) is 0 Å². The van der Waals surface area contributed by atoms with Gasteiger partial charge >= 0.3 is 6.09 Å². The summed E-state index contributed by atoms with van der Waals surface area (Å²) in [4.78, 5) is 14.3. The Balaban J connectivity index is 1.56. The number of aryl methyl sites for hydroxylation is 1. The molecule has 0 aliphatic heterocycles. The number of hydrogen-bond donors (Lipinski definition) is 3. The number of aliphatic hydroxyl groups excluding tert-OH is 2. The molecule has 0 radical (unpaired) electrons. The Hall–Kier alpha value is -2.45. The molecule has 0 unspecified atom stereocenters. The van der Waals surface area contributed by atoms with Gasteiger partial charge in [0.25, 0.3) is 0 Å². The highest BCUT2D eigenvalue weighted by molar-refractivity contribution is 7.99. The van der Waals surface area contributed by atoms with Crippen molar-refractivity contribution in [2.24, 2.45) is 0 Å². The molecule has 200 valence electrons. The second-order valence-electron chi connectivity index (χ2n) is 10.1. The van der Waals surface area contributed by atoms with Crippen LogP contribution in [0.1, 0.15) is 45.6 Å². The van der Waals surface area contributed by atoms with Crippen molar-refractivity contribution in [2.75, 3.05) is 19.8 Å². The normalized spacial score (nSPS) is 13.7. The van der Waals surface area contributed by atoms with Crippen LogP contribution in [0.3, 0.4) is 0 Å². The van der Waals surface area contributed by atoms with Crippen molar-refractivity contribution >= 4 is 29.5 Å². The van der Waals surface area contributed by atoms with Crippen LogP contribution in [0.25, 0.3) is 0 Å². The summed E-state index contributed by atoms with van der Waals surface area (Å²) in [7, 11) is 0. The first-order valence-corrected chi connectivity index (χ1v) is 13.6. The summed E-state index contributed by atoms with van der Waals surface area (Å²) in [6, 6.07) is 13.8. The van der Waals surface area contributed by atoms with E-state index in [9.17, 15) is 15.0 Å². The number of benzene rings is 2. The number of nitrogens with one attached hydrogen (secondary N) is 1. The molecule has 0 aromatic heterocycles. The van der Waals surface area contributed by atoms with Crippen LogP contribution < -0.4 is 10.1 Å². The molecule has 3 rings (SSSR count). The SMILES string of the molecule is CC(C)(C)OC(=O)NC(CO)(CO)CCc1ccc(Sc2ccc(OCC3=CCCC=C3)cc2)cc1Cl. The van der Waals surface area contributed by atoms with Crippen LogP contribution in [-0.4, -0.2) is 47.3 Å². The molecule has 1 aliphatic rings. The number of alkyl carbamates (subject to hydrolysis) is 1. The van der Waals surface area contributed by atoms with Crippen molar-refractivity contribution in [3.05, 3.63) is 76.9 Å². The molecule has 2 aromatic rings. The molecule has 0 atom stereocenters. The van der Waals surface area contributed by atoms with Crippen LogP contribution in [0.5, 0.6) is 5.75 Å². The highest BCUT2D eigenvalue weighted by atomic mass is 35.5. The first kappa shape index (κ1) is 29.1. The van der Waals surface area contributed by atoms with Gasteiger partial charge in [-0.1, -0.05) is 47.7 Å². The molecule has 2 aromatic carbocycles. The lowest BCUT2D eigenvalue weighted by molar-refractivity contribution is 0.0276. The molecular weight excluding hydrogens is 510 g/mol. The van der Waals surface area contributed by atoms with Gasteiger partial charge < -0.3 is 25.0 Å². The lowest BCUT2D eigenvalue weighted by Crippen LogP contribution is -2.55. The van der Waals surface area contributed by atoms with E-state index in [-0.39, 0.29) is 0 Å². The number of halogens is 1. The zero-order valence-corrected chi connectivity index (χ0v) is 23.2. The van der Waals surface area contributed by atoms with Crippen LogP contribution >= 0.6 is 23.4 Å². The van der Waals surface area contributed by atoms with Crippen LogP contribution in [0.4, 0.5) is 4.79 Å². The molecule has 37 heavy (non-hydrogen) atoms. The molecule has 0 fully saturated rings. The van der Waals surface area contributed by atoms with Gasteiger partial charge in [0, 0.05) is 14.8 Å². The van der Waals surface area contributed by atoms with Crippen molar-refractivity contribution in [3.8, 4) is 5.75 Å². The minimum Gasteiger partial charge on any atom is -0.489 e. The van der Waals surface area contributed by atoms with Crippen molar-refractivity contribution in [1.82, 2.24) is 5.32 Å². The summed E-state index contributed by atoms with van der Waals surface area (Å²) < 4.78 is 11.2. The molecular formula is C29H36ClNO5S. The Morgan fingerprint density at radius 2 is 1.76 bits per heavy atom. The fourth-order valence-corrected chi connectivity index (χ4v) is 4.92. The molecule has 1 amide bonds. The Kier molecular flexibility index (Phi) is 10.5. The summed E-state index contributed by atoms with van der Waals surface area (Å²) in [6.45, 7) is 4.97. The smallest absolute Gasteiger partial charge is 0.408 e. The number of rotatable bonds is 11. The third-order valence-electron chi connectivity index (χ3n) is 5.81. The largest absolute Gasteiger partial charge is 0.489 e. The molecule has 0 heterocycles. The van der Waals surface area contributed by atoms with Gasteiger partial charge in [0.2, 0.25) is 0 Å². The molecule has 0 saturated heterocycles. The summed E-state index contributed by atoms with van der Waals surface area (Å²) in [5.41, 5.74) is 0.162. The number of ether oxygens (including phenoxy) is 2. The minimum absolute atomic E-state index is 0.291. The van der Waals surface area contributed by atoms with Crippen molar-refractivity contribution in [3.63, 3.8) is 0 Å². The molecule has 8 heteroatoms. The quantitative estimate of drug-likeness (QED) is 0.306. The second-order valence-corrected chi connectivity index (χ2v) is 11.7. The van der Waals surface area contributed by atoms with E-state index in [4.69, 9.17) is 21.1 Å². The average molecular weight is 546 g/mol. The first-order valence-electron chi connectivity index (χ1n) is 12.4. The average Bonchev–Trinajstić information content (AvgIpc) is 2.86. The third kappa shape index (κ3) is 9.42. The first-order chi connectivity index (χ1) is 17.6. The maximum atomic E-state index is 12.2. The third-order valence-corrected chi connectivity index (χ3v) is 7.15. The number of amides is 1. The monoisotopic (exact) mass is 545 g/mol. The van der Waals surface area contributed by atoms with E-state index in [1.165, 1.54) is 5.57 Å². The van der Waals surface area contributed by atoms with Gasteiger partial charge in [0.1, 0.15) is 18.0 Å². The fourth-order valence-electron chi connectivity index (χ4n) is 3.72. The number of carbonyl (C=O) groups is 1. The molecule has 6 nitrogen and oxygen atoms in total. The zero-order valence-electron chi connectivity index (χ0n) is 21.6. The molecule has 0 spiro atoms. The van der Waals surface area contributed by atoms with E-state index in [0.29, 0.717) is 24.5 Å². The van der Waals surface area contributed by atoms with Crippen LogP contribution in [-0.2, 0) is 11.2 Å². The molecule has 0 bridgehead atoms. The predicted molar refractivity (Wildman–Crippen MR) is 149 cm³/mol. The minimum atomic E-state index is -1.22. The van der Waals surface area contributed by atoms with Gasteiger partial charge in [-0.05, 0) is 94.0 Å². The Labute approximate surface area is 228 Å². The van der Waals surface area contributed by atoms with E-state index in [2.05, 4.69) is 23.5 Å². The number of aliphatic hydroxyl groups is 2. The number of hydrogen-bond acceptors (Lipinski definition) is 6. The summed E-state index contributed by atoms with van der Waals surface area (Å²) in [5, 5.41) is 23.0. The Morgan fingerprint density at radius 1 is 1.05 bits per heavy atom. The fraction of sp³-hybridized carbons (Fsp3) is 0.414. The Bertz CT molecular complexity index is 1100. The maximum absolute atomic E-state index is 12.2. The van der Waals surface area contributed by atoms with Crippen LogP contribution in [0.2, 0.25) is 5.02 Å². The van der Waals surface area contributed by atoms with Gasteiger partial charge in [0.05, 0.1) is 18.8 Å². The molecule has 1 aliphatic carbocycles. The van der Waals surface area contributed by atoms with E-state index in [1.54, 1.807) is 32.5 Å². The van der Waals surface area contributed by atoms with Crippen molar-refractivity contribution in [1.29, 1.82) is 0 Å². The summed E-state index contributed by atoms with van der Waals surface area (Å²) >= 11 is 8.16. The van der Waals surface area contributed by atoms with Crippen molar-refractivity contribution in [2.45, 2.75) is 67.4 Å². The predicted octanol–water partition coefficient (Wildman–Crippen LogP) is 6.33. The lowest BCUT2D eigenvalue weighted by atomic mass is 9.93. The Morgan fingerprint density at radius 3 is 2.35 bits per heavy atom.